The summed E-state index contributed by atoms with van der Waals surface area (Å²) in [6, 6.07) is 12.3. The van der Waals surface area contributed by atoms with Crippen LogP contribution in [0.3, 0.4) is 0 Å². The lowest BCUT2D eigenvalue weighted by Crippen LogP contribution is -2.11. The summed E-state index contributed by atoms with van der Waals surface area (Å²) in [5.74, 6) is -0.199. The van der Waals surface area contributed by atoms with E-state index in [2.05, 4.69) is 21.2 Å². The maximum atomic E-state index is 13.8. The number of halogens is 3. The van der Waals surface area contributed by atoms with Gasteiger partial charge in [0.1, 0.15) is 5.82 Å². The monoisotopic (exact) mass is 341 g/mol. The van der Waals surface area contributed by atoms with E-state index in [1.807, 2.05) is 31.2 Å². The first-order valence-electron chi connectivity index (χ1n) is 6.08. The molecule has 100 valence electrons. The zero-order valence-corrected chi connectivity index (χ0v) is 12.8. The summed E-state index contributed by atoms with van der Waals surface area (Å²) in [4.78, 5) is 0. The van der Waals surface area contributed by atoms with Crippen LogP contribution >= 0.6 is 27.5 Å². The van der Waals surface area contributed by atoms with Gasteiger partial charge < -0.3 is 5.32 Å². The third-order valence-corrected chi connectivity index (χ3v) is 3.76. The Hall–Kier alpha value is -1.06. The molecule has 0 aliphatic carbocycles. The van der Waals surface area contributed by atoms with Crippen LogP contribution in [0.25, 0.3) is 0 Å². The van der Waals surface area contributed by atoms with Gasteiger partial charge in [-0.3, -0.25) is 0 Å². The molecule has 1 unspecified atom stereocenters. The molecule has 0 heterocycles. The Kier molecular flexibility index (Phi) is 4.83. The van der Waals surface area contributed by atoms with Crippen molar-refractivity contribution in [2.75, 3.05) is 5.32 Å². The first-order valence-corrected chi connectivity index (χ1v) is 7.25. The Balaban J connectivity index is 2.27. The molecule has 2 rings (SSSR count). The van der Waals surface area contributed by atoms with Crippen LogP contribution in [0.5, 0.6) is 0 Å². The van der Waals surface area contributed by atoms with Gasteiger partial charge in [0.05, 0.1) is 16.8 Å². The molecular weight excluding hydrogens is 329 g/mol. The molecule has 1 atom stereocenters. The zero-order valence-electron chi connectivity index (χ0n) is 10.5. The predicted molar refractivity (Wildman–Crippen MR) is 82.2 cm³/mol. The van der Waals surface area contributed by atoms with Gasteiger partial charge in [-0.05, 0) is 30.7 Å². The summed E-state index contributed by atoms with van der Waals surface area (Å²) in [7, 11) is 0. The number of nitrogens with one attached hydrogen (secondary N) is 1. The van der Waals surface area contributed by atoms with Gasteiger partial charge in [0.25, 0.3) is 0 Å². The van der Waals surface area contributed by atoms with Crippen molar-refractivity contribution in [3.8, 4) is 0 Å². The molecule has 0 spiro atoms. The third-order valence-electron chi connectivity index (χ3n) is 2.95. The van der Waals surface area contributed by atoms with Gasteiger partial charge in [0, 0.05) is 10.0 Å². The van der Waals surface area contributed by atoms with Gasteiger partial charge in [-0.1, -0.05) is 52.7 Å². The molecule has 4 heteroatoms. The molecule has 0 saturated heterocycles. The van der Waals surface area contributed by atoms with E-state index in [1.165, 1.54) is 6.07 Å². The highest BCUT2D eigenvalue weighted by molar-refractivity contribution is 9.10. The number of benzene rings is 2. The van der Waals surface area contributed by atoms with Crippen LogP contribution in [0.4, 0.5) is 10.1 Å². The Labute approximate surface area is 125 Å². The molecule has 0 saturated carbocycles. The van der Waals surface area contributed by atoms with E-state index in [0.717, 1.165) is 16.6 Å². The highest BCUT2D eigenvalue weighted by Gasteiger charge is 2.14. The SMILES string of the molecule is CCC(Nc1ccc(Br)cc1Cl)c1ccccc1F. The van der Waals surface area contributed by atoms with Crippen molar-refractivity contribution in [1.82, 2.24) is 0 Å². The van der Waals surface area contributed by atoms with Crippen molar-refractivity contribution in [3.63, 3.8) is 0 Å². The largest absolute Gasteiger partial charge is 0.377 e. The van der Waals surface area contributed by atoms with Gasteiger partial charge in [0.15, 0.2) is 0 Å². The predicted octanol–water partition coefficient (Wildman–Crippen LogP) is 5.80. The summed E-state index contributed by atoms with van der Waals surface area (Å²) in [5.41, 5.74) is 1.46. The summed E-state index contributed by atoms with van der Waals surface area (Å²) in [6.45, 7) is 2.01. The number of rotatable bonds is 4. The second-order valence-electron chi connectivity index (χ2n) is 4.25. The minimum atomic E-state index is -0.199. The van der Waals surface area contributed by atoms with Crippen LogP contribution in [-0.2, 0) is 0 Å². The van der Waals surface area contributed by atoms with Gasteiger partial charge >= 0.3 is 0 Å². The van der Waals surface area contributed by atoms with Crippen LogP contribution in [0.1, 0.15) is 24.9 Å². The Morgan fingerprint density at radius 1 is 1.26 bits per heavy atom. The smallest absolute Gasteiger partial charge is 0.128 e. The normalized spacial score (nSPS) is 12.2. The summed E-state index contributed by atoms with van der Waals surface area (Å²) >= 11 is 9.54. The Morgan fingerprint density at radius 3 is 2.63 bits per heavy atom. The first kappa shape index (κ1) is 14.4. The van der Waals surface area contributed by atoms with Gasteiger partial charge in [-0.15, -0.1) is 0 Å². The van der Waals surface area contributed by atoms with Crippen molar-refractivity contribution in [1.29, 1.82) is 0 Å². The highest BCUT2D eigenvalue weighted by atomic mass is 79.9. The van der Waals surface area contributed by atoms with Gasteiger partial charge in [-0.25, -0.2) is 4.39 Å². The molecule has 1 nitrogen and oxygen atoms in total. The number of anilines is 1. The second-order valence-corrected chi connectivity index (χ2v) is 5.57. The lowest BCUT2D eigenvalue weighted by Gasteiger charge is -2.20. The number of hydrogen-bond acceptors (Lipinski definition) is 1. The summed E-state index contributed by atoms with van der Waals surface area (Å²) in [6.07, 6.45) is 0.771. The third kappa shape index (κ3) is 3.48. The van der Waals surface area contributed by atoms with E-state index >= 15 is 0 Å². The second kappa shape index (κ2) is 6.40. The molecule has 2 aromatic carbocycles. The van der Waals surface area contributed by atoms with E-state index in [0.29, 0.717) is 10.6 Å². The zero-order chi connectivity index (χ0) is 13.8. The fourth-order valence-corrected chi connectivity index (χ4v) is 2.68. The molecule has 0 aliphatic heterocycles. The molecule has 1 N–H and O–H groups in total. The Morgan fingerprint density at radius 2 is 2.00 bits per heavy atom. The average molecular weight is 343 g/mol. The highest BCUT2D eigenvalue weighted by Crippen LogP contribution is 2.30. The van der Waals surface area contributed by atoms with Crippen LogP contribution in [-0.4, -0.2) is 0 Å². The molecule has 0 radical (unpaired) electrons. The lowest BCUT2D eigenvalue weighted by atomic mass is 10.0. The van der Waals surface area contributed by atoms with Crippen molar-refractivity contribution < 1.29 is 4.39 Å². The van der Waals surface area contributed by atoms with E-state index in [1.54, 1.807) is 12.1 Å². The quantitative estimate of drug-likeness (QED) is 0.740. The maximum absolute atomic E-state index is 13.8. The van der Waals surface area contributed by atoms with Gasteiger partial charge in [0.2, 0.25) is 0 Å². The van der Waals surface area contributed by atoms with Crippen LogP contribution < -0.4 is 5.32 Å². The van der Waals surface area contributed by atoms with E-state index in [4.69, 9.17) is 11.6 Å². The average Bonchev–Trinajstić information content (AvgIpc) is 2.39. The molecule has 0 fully saturated rings. The van der Waals surface area contributed by atoms with E-state index in [-0.39, 0.29) is 11.9 Å². The molecule has 0 amide bonds. The first-order chi connectivity index (χ1) is 9.11. The molecule has 0 aliphatic rings. The summed E-state index contributed by atoms with van der Waals surface area (Å²) < 4.78 is 14.7. The number of hydrogen-bond donors (Lipinski definition) is 1. The fraction of sp³-hybridized carbons (Fsp3) is 0.200. The van der Waals surface area contributed by atoms with Crippen molar-refractivity contribution in [2.45, 2.75) is 19.4 Å². The minimum absolute atomic E-state index is 0.0973. The standard InChI is InChI=1S/C15H14BrClFN/c1-2-14(11-5-3-4-6-13(11)18)19-15-8-7-10(16)9-12(15)17/h3-9,14,19H,2H2,1H3. The fourth-order valence-electron chi connectivity index (χ4n) is 1.95. The minimum Gasteiger partial charge on any atom is -0.377 e. The molecule has 0 aromatic heterocycles. The van der Waals surface area contributed by atoms with E-state index < -0.39 is 0 Å². The summed E-state index contributed by atoms with van der Waals surface area (Å²) in [5, 5.41) is 3.90. The molecular formula is C15H14BrClFN. The molecule has 0 bridgehead atoms. The van der Waals surface area contributed by atoms with Crippen LogP contribution in [0, 0.1) is 5.82 Å². The molecule has 2 aromatic rings. The molecule has 19 heavy (non-hydrogen) atoms. The Bertz CT molecular complexity index is 574. The van der Waals surface area contributed by atoms with Crippen molar-refractivity contribution in [2.24, 2.45) is 0 Å². The van der Waals surface area contributed by atoms with Gasteiger partial charge in [-0.2, -0.15) is 0 Å². The van der Waals surface area contributed by atoms with Crippen molar-refractivity contribution in [3.05, 3.63) is 63.3 Å². The lowest BCUT2D eigenvalue weighted by molar-refractivity contribution is 0.587. The van der Waals surface area contributed by atoms with Crippen molar-refractivity contribution >= 4 is 33.2 Å². The van der Waals surface area contributed by atoms with Crippen LogP contribution in [0.2, 0.25) is 5.02 Å². The van der Waals surface area contributed by atoms with E-state index in [9.17, 15) is 4.39 Å². The van der Waals surface area contributed by atoms with Crippen LogP contribution in [0.15, 0.2) is 46.9 Å². The maximum Gasteiger partial charge on any atom is 0.128 e. The topological polar surface area (TPSA) is 12.0 Å².